The standard InChI is InChI=1S/C28H33N3O5/c1-31-23-13-12-21(16-26(32)29-19-9-3-2-4-10-19)36-25(23)17-35-24-14-11-20(15-22(24)28(31)34)30-27(33)18-7-5-6-8-18/h2-4,9-11,14-15,18,21,23,25H,5-8,12-13,16-17H2,1H3,(H,29,32)(H,30,33)/t21-,23+,25-/m0/s1. The summed E-state index contributed by atoms with van der Waals surface area (Å²) in [7, 11) is 1.78. The summed E-state index contributed by atoms with van der Waals surface area (Å²) in [6, 6.07) is 14.4. The van der Waals surface area contributed by atoms with Gasteiger partial charge in [0.1, 0.15) is 18.5 Å². The van der Waals surface area contributed by atoms with Crippen molar-refractivity contribution in [3.8, 4) is 5.75 Å². The molecule has 2 aliphatic heterocycles. The van der Waals surface area contributed by atoms with Crippen molar-refractivity contribution >= 4 is 29.1 Å². The Morgan fingerprint density at radius 1 is 0.972 bits per heavy atom. The number of carbonyl (C=O) groups excluding carboxylic acids is 3. The molecule has 2 heterocycles. The van der Waals surface area contributed by atoms with Crippen LogP contribution in [0.3, 0.4) is 0 Å². The van der Waals surface area contributed by atoms with E-state index in [-0.39, 0.29) is 54.9 Å². The number of benzene rings is 2. The Balaban J connectivity index is 1.24. The van der Waals surface area contributed by atoms with Gasteiger partial charge in [0, 0.05) is 24.3 Å². The molecular weight excluding hydrogens is 458 g/mol. The maximum atomic E-state index is 13.4. The summed E-state index contributed by atoms with van der Waals surface area (Å²) in [5.41, 5.74) is 1.80. The maximum absolute atomic E-state index is 13.4. The number of anilines is 2. The van der Waals surface area contributed by atoms with Gasteiger partial charge in [-0.1, -0.05) is 31.0 Å². The number of nitrogens with one attached hydrogen (secondary N) is 2. The second kappa shape index (κ2) is 10.7. The van der Waals surface area contributed by atoms with Crippen molar-refractivity contribution in [1.82, 2.24) is 4.90 Å². The smallest absolute Gasteiger partial charge is 0.257 e. The molecule has 0 bridgehead atoms. The van der Waals surface area contributed by atoms with Crippen LogP contribution in [0.1, 0.15) is 55.3 Å². The van der Waals surface area contributed by atoms with Crippen LogP contribution in [0.2, 0.25) is 0 Å². The quantitative estimate of drug-likeness (QED) is 0.653. The summed E-state index contributed by atoms with van der Waals surface area (Å²) in [5.74, 6) is 0.267. The SMILES string of the molecule is CN1C(=O)c2cc(NC(=O)C3CCCC3)ccc2OC[C@@H]2O[C@H](CC(=O)Nc3ccccc3)CC[C@H]21. The molecule has 36 heavy (non-hydrogen) atoms. The molecule has 3 atom stereocenters. The predicted molar refractivity (Wildman–Crippen MR) is 136 cm³/mol. The second-order valence-corrected chi connectivity index (χ2v) is 9.97. The van der Waals surface area contributed by atoms with Crippen LogP contribution >= 0.6 is 0 Å². The molecule has 2 N–H and O–H groups in total. The van der Waals surface area contributed by atoms with Crippen molar-refractivity contribution in [3.63, 3.8) is 0 Å². The van der Waals surface area contributed by atoms with Crippen LogP contribution < -0.4 is 15.4 Å². The van der Waals surface area contributed by atoms with Crippen LogP contribution in [0.4, 0.5) is 11.4 Å². The number of para-hydroxylation sites is 1. The lowest BCUT2D eigenvalue weighted by atomic mass is 9.94. The Hall–Kier alpha value is -3.39. The molecule has 0 spiro atoms. The topological polar surface area (TPSA) is 97.0 Å². The molecule has 2 fully saturated rings. The van der Waals surface area contributed by atoms with Crippen molar-refractivity contribution in [1.29, 1.82) is 0 Å². The molecule has 1 saturated carbocycles. The molecule has 8 heteroatoms. The van der Waals surface area contributed by atoms with E-state index in [0.717, 1.165) is 31.4 Å². The van der Waals surface area contributed by atoms with Gasteiger partial charge in [-0.05, 0) is 56.0 Å². The molecule has 1 saturated heterocycles. The molecule has 0 aromatic heterocycles. The van der Waals surface area contributed by atoms with E-state index in [1.165, 1.54) is 0 Å². The van der Waals surface area contributed by atoms with Crippen molar-refractivity contribution in [2.45, 2.75) is 63.2 Å². The van der Waals surface area contributed by atoms with E-state index in [2.05, 4.69) is 10.6 Å². The van der Waals surface area contributed by atoms with E-state index < -0.39 is 0 Å². The molecule has 2 aromatic carbocycles. The molecule has 0 radical (unpaired) electrons. The molecule has 3 aliphatic rings. The van der Waals surface area contributed by atoms with Crippen molar-refractivity contribution in [3.05, 3.63) is 54.1 Å². The lowest BCUT2D eigenvalue weighted by molar-refractivity contribution is -0.130. The average molecular weight is 492 g/mol. The third-order valence-corrected chi connectivity index (χ3v) is 7.48. The first kappa shape index (κ1) is 24.3. The Labute approximate surface area is 211 Å². The lowest BCUT2D eigenvalue weighted by Gasteiger charge is -2.42. The van der Waals surface area contributed by atoms with Crippen LogP contribution in [0.15, 0.2) is 48.5 Å². The van der Waals surface area contributed by atoms with Crippen LogP contribution in [-0.4, -0.2) is 54.5 Å². The van der Waals surface area contributed by atoms with Crippen LogP contribution in [0, 0.1) is 5.92 Å². The summed E-state index contributed by atoms with van der Waals surface area (Å²) < 4.78 is 12.3. The van der Waals surface area contributed by atoms with Gasteiger partial charge in [0.15, 0.2) is 0 Å². The highest BCUT2D eigenvalue weighted by Crippen LogP contribution is 2.33. The second-order valence-electron chi connectivity index (χ2n) is 9.97. The Bertz CT molecular complexity index is 1120. The molecule has 2 aromatic rings. The third-order valence-electron chi connectivity index (χ3n) is 7.48. The monoisotopic (exact) mass is 491 g/mol. The van der Waals surface area contributed by atoms with Gasteiger partial charge in [0.05, 0.1) is 24.1 Å². The summed E-state index contributed by atoms with van der Waals surface area (Å²) in [4.78, 5) is 40.2. The zero-order valence-corrected chi connectivity index (χ0v) is 20.6. The summed E-state index contributed by atoms with van der Waals surface area (Å²) in [6.07, 6.45) is 5.06. The van der Waals surface area contributed by atoms with Crippen LogP contribution in [0.25, 0.3) is 0 Å². The van der Waals surface area contributed by atoms with Gasteiger partial charge in [-0.15, -0.1) is 0 Å². The molecule has 1 aliphatic carbocycles. The zero-order valence-electron chi connectivity index (χ0n) is 20.6. The average Bonchev–Trinajstić information content (AvgIpc) is 3.42. The molecule has 8 nitrogen and oxygen atoms in total. The molecule has 0 unspecified atom stereocenters. The number of fused-ring (bicyclic) bond motifs is 2. The van der Waals surface area contributed by atoms with E-state index in [1.54, 1.807) is 30.1 Å². The molecule has 3 amide bonds. The van der Waals surface area contributed by atoms with E-state index in [4.69, 9.17) is 9.47 Å². The first-order valence-electron chi connectivity index (χ1n) is 12.8. The van der Waals surface area contributed by atoms with Crippen molar-refractivity contribution in [2.75, 3.05) is 24.3 Å². The fraction of sp³-hybridized carbons (Fsp3) is 0.464. The number of ether oxygens (including phenoxy) is 2. The highest BCUT2D eigenvalue weighted by Gasteiger charge is 2.39. The summed E-state index contributed by atoms with van der Waals surface area (Å²) in [5, 5.41) is 5.88. The predicted octanol–water partition coefficient (Wildman–Crippen LogP) is 4.22. The highest BCUT2D eigenvalue weighted by atomic mass is 16.5. The van der Waals surface area contributed by atoms with Crippen LogP contribution in [0.5, 0.6) is 5.75 Å². The minimum atomic E-state index is -0.336. The van der Waals surface area contributed by atoms with Crippen molar-refractivity contribution in [2.24, 2.45) is 5.92 Å². The number of nitrogens with zero attached hydrogens (tertiary/aromatic N) is 1. The Kier molecular flexibility index (Phi) is 7.23. The molecule has 190 valence electrons. The van der Waals surface area contributed by atoms with Gasteiger partial charge >= 0.3 is 0 Å². The van der Waals surface area contributed by atoms with E-state index >= 15 is 0 Å². The van der Waals surface area contributed by atoms with Gasteiger partial charge in [-0.25, -0.2) is 0 Å². The minimum absolute atomic E-state index is 0.0168. The Morgan fingerprint density at radius 2 is 1.75 bits per heavy atom. The van der Waals surface area contributed by atoms with Crippen LogP contribution in [-0.2, 0) is 14.3 Å². The molecular formula is C28H33N3O5. The maximum Gasteiger partial charge on any atom is 0.257 e. The summed E-state index contributed by atoms with van der Waals surface area (Å²) in [6.45, 7) is 0.278. The van der Waals surface area contributed by atoms with Crippen molar-refractivity contribution < 1.29 is 23.9 Å². The highest BCUT2D eigenvalue weighted by molar-refractivity contribution is 6.00. The van der Waals surface area contributed by atoms with E-state index in [9.17, 15) is 14.4 Å². The number of likely N-dealkylation sites (N-methyl/N-ethyl adjacent to an activating group) is 1. The number of carbonyl (C=O) groups is 3. The third kappa shape index (κ3) is 5.38. The lowest BCUT2D eigenvalue weighted by Crippen LogP contribution is -2.53. The molecule has 5 rings (SSSR count). The number of rotatable bonds is 5. The zero-order chi connectivity index (χ0) is 25.1. The van der Waals surface area contributed by atoms with Gasteiger partial charge < -0.3 is 25.0 Å². The van der Waals surface area contributed by atoms with Gasteiger partial charge in [-0.3, -0.25) is 14.4 Å². The number of hydrogen-bond donors (Lipinski definition) is 2. The van der Waals surface area contributed by atoms with Gasteiger partial charge in [-0.2, -0.15) is 0 Å². The van der Waals surface area contributed by atoms with Gasteiger partial charge in [0.2, 0.25) is 11.8 Å². The largest absolute Gasteiger partial charge is 0.490 e. The minimum Gasteiger partial charge on any atom is -0.490 e. The normalized spacial score (nSPS) is 24.1. The number of hydrogen-bond acceptors (Lipinski definition) is 5. The fourth-order valence-corrected chi connectivity index (χ4v) is 5.48. The first-order chi connectivity index (χ1) is 17.5. The Morgan fingerprint density at radius 3 is 2.53 bits per heavy atom. The van der Waals surface area contributed by atoms with Gasteiger partial charge in [0.25, 0.3) is 5.91 Å². The first-order valence-corrected chi connectivity index (χ1v) is 12.8. The fourth-order valence-electron chi connectivity index (χ4n) is 5.48. The summed E-state index contributed by atoms with van der Waals surface area (Å²) >= 11 is 0. The number of amides is 3. The van der Waals surface area contributed by atoms with E-state index in [0.29, 0.717) is 29.8 Å². The van der Waals surface area contributed by atoms with E-state index in [1.807, 2.05) is 30.3 Å².